The molecule has 0 aromatic rings. The molecule has 0 heterocycles. The topological polar surface area (TPSA) is 0 Å². The van der Waals surface area contributed by atoms with Gasteiger partial charge in [0, 0.05) is 8.41 Å². The summed E-state index contributed by atoms with van der Waals surface area (Å²) in [5.74, 6) is 1.63. The molecule has 0 fully saturated rings. The van der Waals surface area contributed by atoms with E-state index in [4.69, 9.17) is 0 Å². The smallest absolute Gasteiger partial charge is 0.0713 e. The Kier molecular flexibility index (Phi) is 10.3. The molecule has 0 spiro atoms. The summed E-state index contributed by atoms with van der Waals surface area (Å²) in [5.41, 5.74) is 0.449. The predicted octanol–water partition coefficient (Wildman–Crippen LogP) is 6.41. The minimum atomic E-state index is 0. The van der Waals surface area contributed by atoms with Crippen molar-refractivity contribution in [3.8, 4) is 0 Å². The lowest BCUT2D eigenvalue weighted by Crippen LogP contribution is -2.44. The van der Waals surface area contributed by atoms with E-state index in [9.17, 15) is 0 Å². The van der Waals surface area contributed by atoms with E-state index in [-0.39, 0.29) is 8.41 Å². The van der Waals surface area contributed by atoms with Gasteiger partial charge in [-0.1, -0.05) is 106 Å². The fraction of sp³-hybridized carbons (Fsp3) is 1.00. The molecule has 0 unspecified atom stereocenters. The molecule has 0 bridgehead atoms. The average molecular weight is 277 g/mol. The van der Waals surface area contributed by atoms with Crippen molar-refractivity contribution in [3.05, 3.63) is 0 Å². The first kappa shape index (κ1) is 22.4. The molecule has 0 nitrogen and oxygen atoms in total. The van der Waals surface area contributed by atoms with Gasteiger partial charge in [-0.2, -0.15) is 0 Å². The average Bonchev–Trinajstić information content (AvgIpc) is 2.29. The summed E-state index contributed by atoms with van der Waals surface area (Å²) in [5, 5.41) is 0.510. The van der Waals surface area contributed by atoms with Gasteiger partial charge in [0.15, 0.2) is 0 Å². The van der Waals surface area contributed by atoms with Gasteiger partial charge in [-0.15, -0.1) is 0 Å². The molecule has 0 aromatic carbocycles. The highest BCUT2D eigenvalue weighted by molar-refractivity contribution is 6.62. The summed E-state index contributed by atoms with van der Waals surface area (Å²) < 4.78 is 0. The highest BCUT2D eigenvalue weighted by Gasteiger charge is 2.48. The second-order valence-corrected chi connectivity index (χ2v) is 8.06. The molecule has 0 saturated heterocycles. The molecule has 0 amide bonds. The van der Waals surface area contributed by atoms with Gasteiger partial charge >= 0.3 is 0 Å². The van der Waals surface area contributed by atoms with E-state index in [0.717, 1.165) is 18.5 Å². The third kappa shape index (κ3) is 5.15. The number of hydrogen-bond acceptors (Lipinski definition) is 0. The van der Waals surface area contributed by atoms with E-state index in [1.165, 1.54) is 31.9 Å². The van der Waals surface area contributed by atoms with Gasteiger partial charge in [0.05, 0.1) is 0 Å². The van der Waals surface area contributed by atoms with Crippen LogP contribution in [0.25, 0.3) is 0 Å². The van der Waals surface area contributed by atoms with Crippen molar-refractivity contribution in [2.45, 2.75) is 99.5 Å². The van der Waals surface area contributed by atoms with Gasteiger partial charge in [0.2, 0.25) is 0 Å². The quantitative estimate of drug-likeness (QED) is 0.427. The zero-order chi connectivity index (χ0) is 15.3. The highest BCUT2D eigenvalue weighted by atomic mass is 14.4. The van der Waals surface area contributed by atoms with Crippen molar-refractivity contribution < 1.29 is 0 Å². The zero-order valence-electron chi connectivity index (χ0n) is 15.8. The van der Waals surface area contributed by atoms with Crippen LogP contribution in [0, 0.1) is 17.3 Å². The Labute approximate surface area is 132 Å². The van der Waals surface area contributed by atoms with E-state index >= 15 is 0 Å². The van der Waals surface area contributed by atoms with E-state index in [1.807, 2.05) is 0 Å². The van der Waals surface area contributed by atoms with Gasteiger partial charge in [-0.05, 0) is 10.7 Å². The molecule has 0 rings (SSSR count). The minimum absolute atomic E-state index is 0. The summed E-state index contributed by atoms with van der Waals surface area (Å²) >= 11 is 0. The number of rotatable bonds is 9. The summed E-state index contributed by atoms with van der Waals surface area (Å²) in [6.07, 6.45) is 6.73. The van der Waals surface area contributed by atoms with Crippen LogP contribution in [0.4, 0.5) is 0 Å². The van der Waals surface area contributed by atoms with Crippen LogP contribution in [0.3, 0.4) is 0 Å². The first-order chi connectivity index (χ1) is 8.66. The third-order valence-corrected chi connectivity index (χ3v) is 5.79. The molecular weight excluding hydrogens is 238 g/mol. The maximum Gasteiger partial charge on any atom is 0.147 e. The molecule has 0 N–H and O–H groups in total. The second-order valence-electron chi connectivity index (χ2n) is 8.06. The van der Waals surface area contributed by atoms with E-state index in [1.54, 1.807) is 0 Å². The molecule has 117 valence electrons. The van der Waals surface area contributed by atoms with Gasteiger partial charge in [0.1, 0.15) is 6.71 Å². The molecule has 2 heteroatoms. The third-order valence-electron chi connectivity index (χ3n) is 5.79. The van der Waals surface area contributed by atoms with Crippen LogP contribution in [-0.2, 0) is 0 Å². The van der Waals surface area contributed by atoms with Crippen LogP contribution in [-0.4, -0.2) is 15.1 Å². The zero-order valence-corrected chi connectivity index (χ0v) is 15.8. The molecule has 0 aliphatic rings. The number of hydrogen-bond donors (Lipinski definition) is 0. The summed E-state index contributed by atoms with van der Waals surface area (Å²) in [4.78, 5) is 0. The lowest BCUT2D eigenvalue weighted by Gasteiger charge is -2.51. The lowest BCUT2D eigenvalue weighted by molar-refractivity contribution is 0.199. The van der Waals surface area contributed by atoms with Crippen LogP contribution in [0.1, 0.15) is 81.6 Å². The summed E-state index contributed by atoms with van der Waals surface area (Å²) in [6, 6.07) is 0. The molecular formula is C18H39B2. The second kappa shape index (κ2) is 9.21. The van der Waals surface area contributed by atoms with E-state index in [2.05, 4.69) is 62.3 Å². The maximum absolute atomic E-state index is 2.51. The molecule has 0 saturated carbocycles. The summed E-state index contributed by atoms with van der Waals surface area (Å²) in [7, 11) is 0. The normalized spacial score (nSPS) is 12.8. The van der Waals surface area contributed by atoms with Gasteiger partial charge < -0.3 is 0 Å². The Morgan fingerprint density at radius 1 is 0.750 bits per heavy atom. The van der Waals surface area contributed by atoms with Crippen molar-refractivity contribution in [1.29, 1.82) is 0 Å². The van der Waals surface area contributed by atoms with Crippen molar-refractivity contribution in [1.82, 2.24) is 0 Å². The van der Waals surface area contributed by atoms with Crippen molar-refractivity contribution in [2.75, 3.05) is 0 Å². The van der Waals surface area contributed by atoms with Crippen molar-refractivity contribution in [3.63, 3.8) is 0 Å². The Bertz CT molecular complexity index is 230. The predicted molar refractivity (Wildman–Crippen MR) is 98.1 cm³/mol. The van der Waals surface area contributed by atoms with Crippen LogP contribution in [0.2, 0.25) is 18.0 Å². The fourth-order valence-corrected chi connectivity index (χ4v) is 4.37. The first-order valence-electron chi connectivity index (χ1n) is 8.66. The molecule has 3 radical (unpaired) electrons. The molecule has 20 heavy (non-hydrogen) atoms. The molecule has 0 aliphatic carbocycles. The van der Waals surface area contributed by atoms with Crippen molar-refractivity contribution >= 4 is 15.1 Å². The Morgan fingerprint density at radius 3 is 1.30 bits per heavy atom. The standard InChI is InChI=1S/C18H39B.B/c1-10-17(8,9)18(11-2,12-3)19(13-15(4)5)14-16(6)7;/h15-16H,10-14H2,1-9H3;. The minimum Gasteiger partial charge on any atom is -0.0713 e. The molecule has 0 aromatic heterocycles. The Morgan fingerprint density at radius 2 is 1.10 bits per heavy atom. The molecule has 0 aliphatic heterocycles. The van der Waals surface area contributed by atoms with E-state index < -0.39 is 0 Å². The summed E-state index contributed by atoms with van der Waals surface area (Å²) in [6.45, 7) is 22.7. The highest BCUT2D eigenvalue weighted by Crippen LogP contribution is 2.57. The van der Waals surface area contributed by atoms with Gasteiger partial charge in [-0.25, -0.2) is 0 Å². The fourth-order valence-electron chi connectivity index (χ4n) is 4.37. The maximum atomic E-state index is 2.51. The monoisotopic (exact) mass is 277 g/mol. The SMILES string of the molecule is CCC(C)(C)C(CC)(CC)B(CC(C)C)CC(C)C.[B]. The first-order valence-corrected chi connectivity index (χ1v) is 8.66. The van der Waals surface area contributed by atoms with Crippen LogP contribution in [0.5, 0.6) is 0 Å². The van der Waals surface area contributed by atoms with Crippen LogP contribution < -0.4 is 0 Å². The Hall–Kier alpha value is 0.130. The van der Waals surface area contributed by atoms with Crippen LogP contribution in [0.15, 0.2) is 0 Å². The van der Waals surface area contributed by atoms with Gasteiger partial charge in [-0.3, -0.25) is 0 Å². The largest absolute Gasteiger partial charge is 0.147 e. The Balaban J connectivity index is 0. The van der Waals surface area contributed by atoms with E-state index in [0.29, 0.717) is 10.7 Å². The lowest BCUT2D eigenvalue weighted by atomic mass is 9.22. The molecule has 0 atom stereocenters. The van der Waals surface area contributed by atoms with Crippen molar-refractivity contribution in [2.24, 2.45) is 17.3 Å². The van der Waals surface area contributed by atoms with Crippen LogP contribution >= 0.6 is 0 Å². The van der Waals surface area contributed by atoms with Gasteiger partial charge in [0.25, 0.3) is 0 Å².